The summed E-state index contributed by atoms with van der Waals surface area (Å²) in [6.07, 6.45) is 3.20. The molecule has 88 valence electrons. The van der Waals surface area contributed by atoms with E-state index in [9.17, 15) is 0 Å². The summed E-state index contributed by atoms with van der Waals surface area (Å²) in [7, 11) is 0. The Morgan fingerprint density at radius 2 is 2.18 bits per heavy atom. The molecule has 17 heavy (non-hydrogen) atoms. The molecule has 0 bridgehead atoms. The number of aryl methyl sites for hydroxylation is 1. The lowest BCUT2D eigenvalue weighted by Crippen LogP contribution is -1.92. The van der Waals surface area contributed by atoms with Gasteiger partial charge in [0, 0.05) is 16.8 Å². The number of hydrogen-bond donors (Lipinski definition) is 1. The lowest BCUT2D eigenvalue weighted by molar-refractivity contribution is 0.276. The molecule has 0 spiro atoms. The highest BCUT2D eigenvalue weighted by Crippen LogP contribution is 2.27. The molecule has 0 amide bonds. The van der Waals surface area contributed by atoms with Gasteiger partial charge < -0.3 is 9.84 Å². The molecule has 0 saturated carbocycles. The van der Waals surface area contributed by atoms with Crippen molar-refractivity contribution in [2.75, 3.05) is 0 Å². The summed E-state index contributed by atoms with van der Waals surface area (Å²) >= 11 is 5.93. The molecular formula is C13H12ClNO2. The van der Waals surface area contributed by atoms with E-state index in [4.69, 9.17) is 21.4 Å². The van der Waals surface area contributed by atoms with Crippen LogP contribution < -0.4 is 4.74 Å². The zero-order valence-electron chi connectivity index (χ0n) is 9.35. The van der Waals surface area contributed by atoms with E-state index in [0.29, 0.717) is 22.1 Å². The molecule has 0 radical (unpaired) electrons. The largest absolute Gasteiger partial charge is 0.455 e. The Morgan fingerprint density at radius 3 is 2.88 bits per heavy atom. The minimum absolute atomic E-state index is 0.0789. The van der Waals surface area contributed by atoms with Crippen molar-refractivity contribution in [3.05, 3.63) is 52.8 Å². The van der Waals surface area contributed by atoms with Crippen LogP contribution in [0.15, 0.2) is 36.7 Å². The summed E-state index contributed by atoms with van der Waals surface area (Å²) in [6.45, 7) is 1.83. The second-order valence-corrected chi connectivity index (χ2v) is 4.06. The van der Waals surface area contributed by atoms with Gasteiger partial charge in [0.15, 0.2) is 5.75 Å². The molecule has 3 nitrogen and oxygen atoms in total. The van der Waals surface area contributed by atoms with Crippen molar-refractivity contribution < 1.29 is 9.84 Å². The van der Waals surface area contributed by atoms with E-state index in [0.717, 1.165) is 5.56 Å². The Bertz CT molecular complexity index is 529. The van der Waals surface area contributed by atoms with Crippen LogP contribution in [0.4, 0.5) is 0 Å². The Morgan fingerprint density at radius 1 is 1.35 bits per heavy atom. The van der Waals surface area contributed by atoms with Crippen LogP contribution in [0.5, 0.6) is 11.5 Å². The van der Waals surface area contributed by atoms with Gasteiger partial charge >= 0.3 is 0 Å². The van der Waals surface area contributed by atoms with E-state index < -0.39 is 0 Å². The molecule has 4 heteroatoms. The standard InChI is InChI=1S/C13H12ClNO2/c1-9-6-11(2-3-12(9)14)17-13-7-15-5-4-10(13)8-16/h2-7,16H,8H2,1H3. The van der Waals surface area contributed by atoms with Crippen molar-refractivity contribution in [3.8, 4) is 11.5 Å². The minimum Gasteiger partial charge on any atom is -0.455 e. The maximum absolute atomic E-state index is 9.17. The number of aromatic nitrogens is 1. The molecule has 0 aliphatic heterocycles. The number of hydrogen-bond acceptors (Lipinski definition) is 3. The first-order valence-corrected chi connectivity index (χ1v) is 5.56. The molecule has 0 aliphatic carbocycles. The Kier molecular flexibility index (Phi) is 3.61. The van der Waals surface area contributed by atoms with Gasteiger partial charge in [0.05, 0.1) is 12.8 Å². The first-order chi connectivity index (χ1) is 8.20. The first-order valence-electron chi connectivity index (χ1n) is 5.18. The maximum atomic E-state index is 9.17. The number of nitrogens with zero attached hydrogens (tertiary/aromatic N) is 1. The predicted molar refractivity (Wildman–Crippen MR) is 66.4 cm³/mol. The zero-order chi connectivity index (χ0) is 12.3. The average Bonchev–Trinajstić information content (AvgIpc) is 2.34. The predicted octanol–water partition coefficient (Wildman–Crippen LogP) is 3.33. The zero-order valence-corrected chi connectivity index (χ0v) is 10.1. The maximum Gasteiger partial charge on any atom is 0.151 e. The molecule has 0 saturated heterocycles. The van der Waals surface area contributed by atoms with E-state index in [2.05, 4.69) is 4.98 Å². The van der Waals surface area contributed by atoms with Crippen molar-refractivity contribution in [2.24, 2.45) is 0 Å². The summed E-state index contributed by atoms with van der Waals surface area (Å²) in [5.41, 5.74) is 1.64. The topological polar surface area (TPSA) is 42.4 Å². The summed E-state index contributed by atoms with van der Waals surface area (Å²) in [6, 6.07) is 7.12. The van der Waals surface area contributed by atoms with Gasteiger partial charge in [-0.1, -0.05) is 11.6 Å². The van der Waals surface area contributed by atoms with Gasteiger partial charge in [-0.25, -0.2) is 0 Å². The average molecular weight is 250 g/mol. The van der Waals surface area contributed by atoms with Gasteiger partial charge in [-0.15, -0.1) is 0 Å². The van der Waals surface area contributed by atoms with Crippen LogP contribution in [0.25, 0.3) is 0 Å². The van der Waals surface area contributed by atoms with Gasteiger partial charge in [-0.05, 0) is 36.8 Å². The molecule has 1 heterocycles. The van der Waals surface area contributed by atoms with Gasteiger partial charge in [-0.3, -0.25) is 4.98 Å². The number of aliphatic hydroxyl groups excluding tert-OH is 1. The summed E-state index contributed by atoms with van der Waals surface area (Å²) < 4.78 is 5.66. The van der Waals surface area contributed by atoms with Crippen LogP contribution in [-0.2, 0) is 6.61 Å². The van der Waals surface area contributed by atoms with Gasteiger partial charge in [-0.2, -0.15) is 0 Å². The smallest absolute Gasteiger partial charge is 0.151 e. The van der Waals surface area contributed by atoms with E-state index in [1.54, 1.807) is 30.6 Å². The lowest BCUT2D eigenvalue weighted by atomic mass is 10.2. The SMILES string of the molecule is Cc1cc(Oc2cnccc2CO)ccc1Cl. The number of aliphatic hydroxyl groups is 1. The number of benzene rings is 1. The fourth-order valence-corrected chi connectivity index (χ4v) is 1.56. The Labute approximate surface area is 105 Å². The van der Waals surface area contributed by atoms with E-state index in [-0.39, 0.29) is 6.61 Å². The van der Waals surface area contributed by atoms with Crippen LogP contribution in [0, 0.1) is 6.92 Å². The number of halogens is 1. The Hall–Kier alpha value is -1.58. The molecule has 1 aromatic carbocycles. The van der Waals surface area contributed by atoms with Crippen molar-refractivity contribution in [3.63, 3.8) is 0 Å². The molecule has 2 rings (SSSR count). The van der Waals surface area contributed by atoms with Crippen LogP contribution in [0.1, 0.15) is 11.1 Å². The third kappa shape index (κ3) is 2.75. The number of ether oxygens (including phenoxy) is 1. The lowest BCUT2D eigenvalue weighted by Gasteiger charge is -2.09. The molecule has 2 aromatic rings. The number of rotatable bonds is 3. The first kappa shape index (κ1) is 11.9. The van der Waals surface area contributed by atoms with E-state index in [1.165, 1.54) is 0 Å². The highest BCUT2D eigenvalue weighted by atomic mass is 35.5. The van der Waals surface area contributed by atoms with Crippen LogP contribution in [-0.4, -0.2) is 10.1 Å². The molecule has 1 aromatic heterocycles. The monoisotopic (exact) mass is 249 g/mol. The van der Waals surface area contributed by atoms with Crippen LogP contribution in [0.2, 0.25) is 5.02 Å². The second kappa shape index (κ2) is 5.17. The fraction of sp³-hybridized carbons (Fsp3) is 0.154. The fourth-order valence-electron chi connectivity index (χ4n) is 1.44. The second-order valence-electron chi connectivity index (χ2n) is 3.65. The summed E-state index contributed by atoms with van der Waals surface area (Å²) in [4.78, 5) is 3.97. The molecule has 0 unspecified atom stereocenters. The summed E-state index contributed by atoms with van der Waals surface area (Å²) in [5.74, 6) is 1.23. The van der Waals surface area contributed by atoms with Gasteiger partial charge in [0.25, 0.3) is 0 Å². The molecule has 0 fully saturated rings. The van der Waals surface area contributed by atoms with Crippen LogP contribution >= 0.6 is 11.6 Å². The van der Waals surface area contributed by atoms with Crippen molar-refractivity contribution in [1.82, 2.24) is 4.98 Å². The minimum atomic E-state index is -0.0789. The Balaban J connectivity index is 2.28. The molecular weight excluding hydrogens is 238 g/mol. The van der Waals surface area contributed by atoms with Gasteiger partial charge in [0.1, 0.15) is 5.75 Å². The van der Waals surface area contributed by atoms with Gasteiger partial charge in [0.2, 0.25) is 0 Å². The molecule has 1 N–H and O–H groups in total. The quantitative estimate of drug-likeness (QED) is 0.907. The number of pyridine rings is 1. The summed E-state index contributed by atoms with van der Waals surface area (Å²) in [5, 5.41) is 9.87. The van der Waals surface area contributed by atoms with Crippen molar-refractivity contribution in [1.29, 1.82) is 0 Å². The third-order valence-corrected chi connectivity index (χ3v) is 2.82. The molecule has 0 aliphatic rings. The third-order valence-electron chi connectivity index (χ3n) is 2.40. The van der Waals surface area contributed by atoms with E-state index >= 15 is 0 Å². The normalized spacial score (nSPS) is 10.3. The highest BCUT2D eigenvalue weighted by molar-refractivity contribution is 6.31. The molecule has 0 atom stereocenters. The van der Waals surface area contributed by atoms with Crippen molar-refractivity contribution >= 4 is 11.6 Å². The highest BCUT2D eigenvalue weighted by Gasteiger charge is 2.05. The van der Waals surface area contributed by atoms with Crippen LogP contribution in [0.3, 0.4) is 0 Å². The van der Waals surface area contributed by atoms with E-state index in [1.807, 2.05) is 13.0 Å². The van der Waals surface area contributed by atoms with Crippen molar-refractivity contribution in [2.45, 2.75) is 13.5 Å².